The Morgan fingerprint density at radius 1 is 1.36 bits per heavy atom. The second kappa shape index (κ2) is 6.37. The van der Waals surface area contributed by atoms with E-state index in [4.69, 9.17) is 11.6 Å². The van der Waals surface area contributed by atoms with E-state index in [0.29, 0.717) is 5.02 Å². The molecule has 0 saturated heterocycles. The lowest BCUT2D eigenvalue weighted by molar-refractivity contribution is 0.645. The molecule has 2 aromatic rings. The number of fused-ring (bicyclic) bond motifs is 1. The zero-order valence-electron chi connectivity index (χ0n) is 12.6. The second-order valence-corrected chi connectivity index (χ2v) is 5.66. The highest BCUT2D eigenvalue weighted by Crippen LogP contribution is 2.16. The molecule has 0 bridgehead atoms. The van der Waals surface area contributed by atoms with Crippen LogP contribution in [0.15, 0.2) is 35.3 Å². The van der Waals surface area contributed by atoms with Crippen molar-refractivity contribution in [2.45, 2.75) is 19.5 Å². The first kappa shape index (κ1) is 14.9. The smallest absolute Gasteiger partial charge is 0.225 e. The molecule has 1 unspecified atom stereocenters. The molecule has 0 spiro atoms. The Bertz CT molecular complexity index is 722. The van der Waals surface area contributed by atoms with Crippen LogP contribution in [0, 0.1) is 6.92 Å². The monoisotopic (exact) mass is 318 g/mol. The molecule has 116 valence electrons. The molecule has 1 aliphatic rings. The van der Waals surface area contributed by atoms with Gasteiger partial charge in [-0.2, -0.15) is 0 Å². The Morgan fingerprint density at radius 2 is 2.14 bits per heavy atom. The molecule has 6 nitrogen and oxygen atoms in total. The SMILES string of the molecule is CNCCC1Nc2nc(C)cc(=Nc3ccc(Cl)cc3)n2N1. The number of nitrogens with zero attached hydrogens (tertiary/aromatic N) is 3. The third-order valence-corrected chi connectivity index (χ3v) is 3.65. The van der Waals surface area contributed by atoms with Crippen molar-refractivity contribution in [2.24, 2.45) is 4.99 Å². The molecule has 1 atom stereocenters. The van der Waals surface area contributed by atoms with Gasteiger partial charge in [0, 0.05) is 16.8 Å². The van der Waals surface area contributed by atoms with Crippen LogP contribution >= 0.6 is 11.6 Å². The average molecular weight is 319 g/mol. The minimum atomic E-state index is 0.140. The van der Waals surface area contributed by atoms with Crippen LogP contribution in [0.2, 0.25) is 5.02 Å². The quantitative estimate of drug-likeness (QED) is 0.806. The van der Waals surface area contributed by atoms with Gasteiger partial charge in [-0.15, -0.1) is 0 Å². The summed E-state index contributed by atoms with van der Waals surface area (Å²) in [5.41, 5.74) is 5.96. The van der Waals surface area contributed by atoms with Crippen molar-refractivity contribution in [3.63, 3.8) is 0 Å². The molecule has 3 N–H and O–H groups in total. The fraction of sp³-hybridized carbons (Fsp3) is 0.333. The number of nitrogens with one attached hydrogen (secondary N) is 3. The van der Waals surface area contributed by atoms with Crippen molar-refractivity contribution in [3.8, 4) is 0 Å². The van der Waals surface area contributed by atoms with Gasteiger partial charge in [0.2, 0.25) is 5.95 Å². The summed E-state index contributed by atoms with van der Waals surface area (Å²) in [4.78, 5) is 9.19. The normalized spacial score (nSPS) is 17.0. The Balaban J connectivity index is 1.95. The lowest BCUT2D eigenvalue weighted by atomic mass is 10.3. The topological polar surface area (TPSA) is 66.3 Å². The molecule has 1 aromatic heterocycles. The number of benzene rings is 1. The Hall–Kier alpha value is -2.05. The molecule has 3 rings (SSSR count). The van der Waals surface area contributed by atoms with E-state index in [1.165, 1.54) is 0 Å². The van der Waals surface area contributed by atoms with E-state index in [-0.39, 0.29) is 6.17 Å². The third kappa shape index (κ3) is 3.23. The van der Waals surface area contributed by atoms with Gasteiger partial charge in [0.05, 0.1) is 5.69 Å². The van der Waals surface area contributed by atoms with Crippen LogP contribution in [-0.2, 0) is 0 Å². The fourth-order valence-corrected chi connectivity index (χ4v) is 2.46. The molecule has 0 saturated carbocycles. The molecule has 0 fully saturated rings. The fourth-order valence-electron chi connectivity index (χ4n) is 2.33. The van der Waals surface area contributed by atoms with Crippen LogP contribution in [0.1, 0.15) is 12.1 Å². The predicted molar refractivity (Wildman–Crippen MR) is 89.0 cm³/mol. The van der Waals surface area contributed by atoms with E-state index < -0.39 is 0 Å². The van der Waals surface area contributed by atoms with Crippen molar-refractivity contribution in [1.29, 1.82) is 0 Å². The summed E-state index contributed by atoms with van der Waals surface area (Å²) in [5.74, 6) is 0.786. The molecule has 1 aliphatic heterocycles. The first-order chi connectivity index (χ1) is 10.7. The largest absolute Gasteiger partial charge is 0.333 e. The van der Waals surface area contributed by atoms with Crippen molar-refractivity contribution in [1.82, 2.24) is 15.0 Å². The van der Waals surface area contributed by atoms with E-state index in [1.807, 2.05) is 49.0 Å². The molecule has 2 heterocycles. The van der Waals surface area contributed by atoms with E-state index >= 15 is 0 Å². The third-order valence-electron chi connectivity index (χ3n) is 3.40. The second-order valence-electron chi connectivity index (χ2n) is 5.22. The van der Waals surface area contributed by atoms with Crippen LogP contribution in [0.25, 0.3) is 0 Å². The van der Waals surface area contributed by atoms with Crippen molar-refractivity contribution in [3.05, 3.63) is 46.5 Å². The maximum absolute atomic E-state index is 5.92. The van der Waals surface area contributed by atoms with E-state index in [1.54, 1.807) is 0 Å². The number of aryl methyl sites for hydroxylation is 1. The highest BCUT2D eigenvalue weighted by molar-refractivity contribution is 6.30. The van der Waals surface area contributed by atoms with Crippen LogP contribution in [-0.4, -0.2) is 29.4 Å². The van der Waals surface area contributed by atoms with Gasteiger partial charge in [-0.3, -0.25) is 5.43 Å². The van der Waals surface area contributed by atoms with Gasteiger partial charge in [0.25, 0.3) is 0 Å². The molecular weight excluding hydrogens is 300 g/mol. The number of aromatic nitrogens is 2. The number of hydrogen-bond acceptors (Lipinski definition) is 5. The van der Waals surface area contributed by atoms with Crippen LogP contribution < -0.4 is 21.5 Å². The summed E-state index contributed by atoms with van der Waals surface area (Å²) in [6.07, 6.45) is 1.08. The number of anilines is 1. The lowest BCUT2D eigenvalue weighted by Gasteiger charge is -2.10. The minimum absolute atomic E-state index is 0.140. The molecule has 7 heteroatoms. The predicted octanol–water partition coefficient (Wildman–Crippen LogP) is 1.98. The maximum Gasteiger partial charge on any atom is 0.225 e. The van der Waals surface area contributed by atoms with E-state index in [0.717, 1.165) is 35.8 Å². The summed E-state index contributed by atoms with van der Waals surface area (Å²) in [6, 6.07) is 9.41. The Morgan fingerprint density at radius 3 is 2.86 bits per heavy atom. The van der Waals surface area contributed by atoms with Crippen molar-refractivity contribution >= 4 is 23.2 Å². The zero-order valence-corrected chi connectivity index (χ0v) is 13.4. The van der Waals surface area contributed by atoms with Crippen molar-refractivity contribution < 1.29 is 0 Å². The minimum Gasteiger partial charge on any atom is -0.333 e. The maximum atomic E-state index is 5.92. The van der Waals surface area contributed by atoms with Crippen LogP contribution in [0.5, 0.6) is 0 Å². The standard InChI is InChI=1S/C15H19ClN6/c1-10-9-14(19-12-5-3-11(16)4-6-12)22-15(18-10)20-13(21-22)7-8-17-2/h3-6,9,13,17,21H,7-8H2,1-2H3,(H,18,20). The summed E-state index contributed by atoms with van der Waals surface area (Å²) in [5, 5.41) is 7.22. The van der Waals surface area contributed by atoms with Gasteiger partial charge >= 0.3 is 0 Å². The number of hydrogen-bond donors (Lipinski definition) is 3. The summed E-state index contributed by atoms with van der Waals surface area (Å²) in [7, 11) is 1.94. The van der Waals surface area contributed by atoms with E-state index in [9.17, 15) is 0 Å². The highest BCUT2D eigenvalue weighted by atomic mass is 35.5. The Kier molecular flexibility index (Phi) is 4.31. The molecule has 0 radical (unpaired) electrons. The van der Waals surface area contributed by atoms with Gasteiger partial charge in [-0.1, -0.05) is 11.6 Å². The first-order valence-corrected chi connectivity index (χ1v) is 7.62. The van der Waals surface area contributed by atoms with E-state index in [2.05, 4.69) is 26.0 Å². The highest BCUT2D eigenvalue weighted by Gasteiger charge is 2.20. The van der Waals surface area contributed by atoms with Gasteiger partial charge in [0.15, 0.2) is 5.49 Å². The van der Waals surface area contributed by atoms with Gasteiger partial charge in [-0.25, -0.2) is 14.7 Å². The lowest BCUT2D eigenvalue weighted by Crippen LogP contribution is -2.33. The molecule has 1 aromatic carbocycles. The first-order valence-electron chi connectivity index (χ1n) is 7.24. The Labute approximate surface area is 134 Å². The summed E-state index contributed by atoms with van der Waals surface area (Å²) >= 11 is 5.92. The van der Waals surface area contributed by atoms with Gasteiger partial charge in [-0.05, 0) is 51.2 Å². The molecule has 0 amide bonds. The molecule has 22 heavy (non-hydrogen) atoms. The van der Waals surface area contributed by atoms with Crippen LogP contribution in [0.3, 0.4) is 0 Å². The average Bonchev–Trinajstić information content (AvgIpc) is 2.90. The molecule has 0 aliphatic carbocycles. The summed E-state index contributed by atoms with van der Waals surface area (Å²) < 4.78 is 1.89. The van der Waals surface area contributed by atoms with Gasteiger partial charge < -0.3 is 10.6 Å². The summed E-state index contributed by atoms with van der Waals surface area (Å²) in [6.45, 7) is 2.88. The molecular formula is C15H19ClN6. The van der Waals surface area contributed by atoms with Crippen molar-refractivity contribution in [2.75, 3.05) is 24.3 Å². The van der Waals surface area contributed by atoms with Crippen LogP contribution in [0.4, 0.5) is 11.6 Å². The zero-order chi connectivity index (χ0) is 15.5. The number of rotatable bonds is 4. The van der Waals surface area contributed by atoms with Gasteiger partial charge in [0.1, 0.15) is 6.17 Å². The number of halogens is 1.